The largest absolute Gasteiger partial charge is 0.508 e. The van der Waals surface area contributed by atoms with E-state index in [1.807, 2.05) is 6.07 Å². The molecule has 5 rings (SSSR count). The summed E-state index contributed by atoms with van der Waals surface area (Å²) in [6.45, 7) is 0. The molecule has 1 aliphatic heterocycles. The summed E-state index contributed by atoms with van der Waals surface area (Å²) in [7, 11) is 1.56. The lowest BCUT2D eigenvalue weighted by molar-refractivity contribution is -0.163. The van der Waals surface area contributed by atoms with Crippen LogP contribution in [-0.4, -0.2) is 38.6 Å². The van der Waals surface area contributed by atoms with Crippen molar-refractivity contribution in [3.8, 4) is 22.8 Å². The number of benzene rings is 3. The number of aromatic hydroxyl groups is 1. The molecule has 1 aromatic heterocycles. The number of nitrogens with zero attached hydrogens (tertiary/aromatic N) is 1. The zero-order chi connectivity index (χ0) is 23.9. The minimum atomic E-state index is -2.36. The number of carbonyl (C=O) groups is 1. The molecule has 0 aliphatic carbocycles. The van der Waals surface area contributed by atoms with Crippen molar-refractivity contribution in [3.05, 3.63) is 95.6 Å². The molecular formula is C26H23N3O5. The average Bonchev–Trinajstić information content (AvgIpc) is 3.29. The summed E-state index contributed by atoms with van der Waals surface area (Å²) in [5.74, 6) is -1.56. The van der Waals surface area contributed by atoms with Gasteiger partial charge >= 0.3 is 5.97 Å². The van der Waals surface area contributed by atoms with Gasteiger partial charge in [-0.2, -0.15) is 5.10 Å². The second kappa shape index (κ2) is 8.24. The number of aliphatic hydroxyl groups is 1. The summed E-state index contributed by atoms with van der Waals surface area (Å²) in [6, 6.07) is 21.9. The van der Waals surface area contributed by atoms with Crippen LogP contribution in [0.4, 0.5) is 5.82 Å². The van der Waals surface area contributed by atoms with E-state index in [1.165, 1.54) is 6.07 Å². The van der Waals surface area contributed by atoms with Gasteiger partial charge < -0.3 is 25.4 Å². The Kier molecular flexibility index (Phi) is 5.22. The first kappa shape index (κ1) is 21.5. The number of anilines is 1. The standard InChI is InChI=1S/C26H23N3O5/c1-34-17-13-11-16(12-14-17)22-21-24(29-28-22)27-23(18-9-5-6-10-19(18)30)20(26(21,33)25(31)32)15-7-3-2-4-8-15/h2-14,20,23,30,33H,1H3,(H,31,32)(H2,27,28,29)/t20-,23+,26-/m0/s1. The molecule has 0 spiro atoms. The molecule has 3 atom stereocenters. The number of H-pyrrole nitrogens is 1. The summed E-state index contributed by atoms with van der Waals surface area (Å²) in [5, 5.41) is 43.6. The number of carboxylic acids is 1. The molecule has 172 valence electrons. The molecule has 4 aromatic rings. The van der Waals surface area contributed by atoms with E-state index in [0.29, 0.717) is 28.1 Å². The first-order valence-corrected chi connectivity index (χ1v) is 10.7. The fourth-order valence-electron chi connectivity index (χ4n) is 4.75. The molecule has 0 amide bonds. The zero-order valence-electron chi connectivity index (χ0n) is 18.3. The minimum Gasteiger partial charge on any atom is -0.508 e. The molecule has 0 radical (unpaired) electrons. The van der Waals surface area contributed by atoms with Gasteiger partial charge in [-0.25, -0.2) is 4.79 Å². The molecular weight excluding hydrogens is 434 g/mol. The van der Waals surface area contributed by atoms with E-state index < -0.39 is 23.5 Å². The maximum absolute atomic E-state index is 12.9. The maximum Gasteiger partial charge on any atom is 0.341 e. The van der Waals surface area contributed by atoms with Crippen molar-refractivity contribution in [3.63, 3.8) is 0 Å². The van der Waals surface area contributed by atoms with Crippen LogP contribution < -0.4 is 10.1 Å². The predicted molar refractivity (Wildman–Crippen MR) is 126 cm³/mol. The number of aromatic nitrogens is 2. The number of aromatic amines is 1. The lowest BCUT2D eigenvalue weighted by Gasteiger charge is -2.43. The van der Waals surface area contributed by atoms with Crippen LogP contribution in [0.15, 0.2) is 78.9 Å². The number of rotatable bonds is 5. The van der Waals surface area contributed by atoms with Crippen LogP contribution in [0.3, 0.4) is 0 Å². The molecule has 8 heteroatoms. The minimum absolute atomic E-state index is 0.0111. The van der Waals surface area contributed by atoms with Gasteiger partial charge in [-0.3, -0.25) is 5.10 Å². The monoisotopic (exact) mass is 457 g/mol. The Bertz CT molecular complexity index is 1340. The molecule has 1 aliphatic rings. The first-order chi connectivity index (χ1) is 16.4. The van der Waals surface area contributed by atoms with Gasteiger partial charge in [0.25, 0.3) is 0 Å². The van der Waals surface area contributed by atoms with Crippen LogP contribution in [-0.2, 0) is 10.4 Å². The third-order valence-corrected chi connectivity index (χ3v) is 6.36. The molecule has 34 heavy (non-hydrogen) atoms. The van der Waals surface area contributed by atoms with Crippen LogP contribution in [0.2, 0.25) is 0 Å². The van der Waals surface area contributed by atoms with Crippen molar-refractivity contribution in [2.45, 2.75) is 17.6 Å². The lowest BCUT2D eigenvalue weighted by Crippen LogP contribution is -2.49. The molecule has 3 aromatic carbocycles. The molecule has 0 unspecified atom stereocenters. The van der Waals surface area contributed by atoms with Gasteiger partial charge in [0, 0.05) is 11.1 Å². The summed E-state index contributed by atoms with van der Waals surface area (Å²) in [6.07, 6.45) is 0. The highest BCUT2D eigenvalue weighted by molar-refractivity contribution is 5.89. The van der Waals surface area contributed by atoms with Gasteiger partial charge in [0.15, 0.2) is 5.82 Å². The SMILES string of the molecule is COc1ccc(-c2[nH]nc3c2[C@](O)(C(=O)O)[C@@H](c2ccccc2)[C@@H](c2ccccc2O)N3)cc1. The van der Waals surface area contributed by atoms with Gasteiger partial charge in [0.2, 0.25) is 5.60 Å². The third kappa shape index (κ3) is 3.27. The van der Waals surface area contributed by atoms with Crippen LogP contribution >= 0.6 is 0 Å². The molecule has 0 saturated heterocycles. The predicted octanol–water partition coefficient (Wildman–Crippen LogP) is 4.01. The second-order valence-corrected chi connectivity index (χ2v) is 8.19. The van der Waals surface area contributed by atoms with Gasteiger partial charge in [0.05, 0.1) is 30.3 Å². The topological polar surface area (TPSA) is 128 Å². The summed E-state index contributed by atoms with van der Waals surface area (Å²) in [5.41, 5.74) is -0.158. The molecule has 0 bridgehead atoms. The van der Waals surface area contributed by atoms with E-state index in [-0.39, 0.29) is 17.1 Å². The number of para-hydroxylation sites is 1. The fourth-order valence-corrected chi connectivity index (χ4v) is 4.75. The van der Waals surface area contributed by atoms with E-state index >= 15 is 0 Å². The Morgan fingerprint density at radius 2 is 1.68 bits per heavy atom. The molecule has 0 fully saturated rings. The number of nitrogens with one attached hydrogen (secondary N) is 2. The molecule has 0 saturated carbocycles. The second-order valence-electron chi connectivity index (χ2n) is 8.19. The van der Waals surface area contributed by atoms with E-state index in [2.05, 4.69) is 15.5 Å². The zero-order valence-corrected chi connectivity index (χ0v) is 18.3. The number of phenolic OH excluding ortho intramolecular Hbond substituents is 1. The lowest BCUT2D eigenvalue weighted by atomic mass is 9.68. The highest BCUT2D eigenvalue weighted by atomic mass is 16.5. The van der Waals surface area contributed by atoms with E-state index in [0.717, 1.165) is 0 Å². The van der Waals surface area contributed by atoms with Crippen molar-refractivity contribution in [1.29, 1.82) is 0 Å². The molecule has 2 heterocycles. The van der Waals surface area contributed by atoms with Crippen LogP contribution in [0.25, 0.3) is 11.3 Å². The highest BCUT2D eigenvalue weighted by Gasteiger charge is 2.57. The number of hydrogen-bond acceptors (Lipinski definition) is 6. The van der Waals surface area contributed by atoms with Gasteiger partial charge in [0.1, 0.15) is 11.5 Å². The van der Waals surface area contributed by atoms with Gasteiger partial charge in [-0.15, -0.1) is 0 Å². The number of carboxylic acid groups (broad SMARTS) is 1. The Morgan fingerprint density at radius 3 is 2.32 bits per heavy atom. The van der Waals surface area contributed by atoms with Crippen LogP contribution in [0.1, 0.15) is 28.7 Å². The Morgan fingerprint density at radius 1 is 1.00 bits per heavy atom. The smallest absolute Gasteiger partial charge is 0.341 e. The summed E-state index contributed by atoms with van der Waals surface area (Å²) >= 11 is 0. The highest BCUT2D eigenvalue weighted by Crippen LogP contribution is 2.55. The first-order valence-electron chi connectivity index (χ1n) is 10.7. The van der Waals surface area contributed by atoms with Crippen molar-refractivity contribution in [2.75, 3.05) is 12.4 Å². The number of methoxy groups -OCH3 is 1. The number of hydrogen-bond donors (Lipinski definition) is 5. The normalized spacial score (nSPS) is 21.4. The van der Waals surface area contributed by atoms with Crippen molar-refractivity contribution >= 4 is 11.8 Å². The van der Waals surface area contributed by atoms with Gasteiger partial charge in [-0.1, -0.05) is 48.5 Å². The van der Waals surface area contributed by atoms with Crippen molar-refractivity contribution < 1.29 is 24.9 Å². The third-order valence-electron chi connectivity index (χ3n) is 6.36. The van der Waals surface area contributed by atoms with Gasteiger partial charge in [-0.05, 0) is 35.9 Å². The molecule has 5 N–H and O–H groups in total. The quantitative estimate of drug-likeness (QED) is 0.306. The number of ether oxygens (including phenoxy) is 1. The van der Waals surface area contributed by atoms with Crippen molar-refractivity contribution in [2.24, 2.45) is 0 Å². The van der Waals surface area contributed by atoms with E-state index in [4.69, 9.17) is 4.74 Å². The number of aliphatic carboxylic acids is 1. The summed E-state index contributed by atoms with van der Waals surface area (Å²) in [4.78, 5) is 12.9. The Hall–Kier alpha value is -4.30. The van der Waals surface area contributed by atoms with E-state index in [9.17, 15) is 20.1 Å². The number of fused-ring (bicyclic) bond motifs is 1. The summed E-state index contributed by atoms with van der Waals surface area (Å²) < 4.78 is 5.22. The maximum atomic E-state index is 12.9. The number of phenols is 1. The fraction of sp³-hybridized carbons (Fsp3) is 0.154. The Labute approximate surface area is 195 Å². The van der Waals surface area contributed by atoms with E-state index in [1.54, 1.807) is 73.8 Å². The van der Waals surface area contributed by atoms with Crippen molar-refractivity contribution in [1.82, 2.24) is 10.2 Å². The van der Waals surface area contributed by atoms with Crippen LogP contribution in [0.5, 0.6) is 11.5 Å². The molecule has 8 nitrogen and oxygen atoms in total. The average molecular weight is 457 g/mol. The Balaban J connectivity index is 1.76. The van der Waals surface area contributed by atoms with Crippen LogP contribution in [0, 0.1) is 0 Å².